The highest BCUT2D eigenvalue weighted by Gasteiger charge is 2.18. The van der Waals surface area contributed by atoms with Crippen molar-refractivity contribution in [3.8, 4) is 11.4 Å². The Kier molecular flexibility index (Phi) is 3.22. The summed E-state index contributed by atoms with van der Waals surface area (Å²) in [5, 5.41) is 2.49. The first-order chi connectivity index (χ1) is 9.43. The predicted molar refractivity (Wildman–Crippen MR) is 84.4 cm³/mol. The van der Waals surface area contributed by atoms with Gasteiger partial charge in [0, 0.05) is 17.2 Å². The smallest absolute Gasteiger partial charge is 0.162 e. The summed E-state index contributed by atoms with van der Waals surface area (Å²) in [6.45, 7) is 6.32. The lowest BCUT2D eigenvalue weighted by Crippen LogP contribution is -2.14. The van der Waals surface area contributed by atoms with Crippen molar-refractivity contribution in [3.05, 3.63) is 40.6 Å². The molecule has 102 valence electrons. The van der Waals surface area contributed by atoms with Crippen molar-refractivity contribution in [3.63, 3.8) is 0 Å². The van der Waals surface area contributed by atoms with E-state index in [1.165, 1.54) is 0 Å². The number of hydrogen-bond acceptors (Lipinski definition) is 4. The minimum absolute atomic E-state index is 0.0677. The zero-order chi connectivity index (χ0) is 14.3. The second kappa shape index (κ2) is 4.79. The van der Waals surface area contributed by atoms with Gasteiger partial charge in [-0.2, -0.15) is 0 Å². The molecular formula is C15H14ClN3S. The van der Waals surface area contributed by atoms with E-state index in [1.54, 1.807) is 17.5 Å². The van der Waals surface area contributed by atoms with Crippen molar-refractivity contribution < 1.29 is 0 Å². The Balaban J connectivity index is 2.15. The van der Waals surface area contributed by atoms with Gasteiger partial charge in [-0.05, 0) is 23.6 Å². The van der Waals surface area contributed by atoms with Crippen LogP contribution in [-0.2, 0) is 5.41 Å². The van der Waals surface area contributed by atoms with Gasteiger partial charge >= 0.3 is 0 Å². The largest absolute Gasteiger partial charge is 0.255 e. The van der Waals surface area contributed by atoms with Gasteiger partial charge in [0.05, 0.1) is 15.9 Å². The molecule has 0 bridgehead atoms. The van der Waals surface area contributed by atoms with E-state index >= 15 is 0 Å². The van der Waals surface area contributed by atoms with Gasteiger partial charge in [-0.25, -0.2) is 9.97 Å². The van der Waals surface area contributed by atoms with Gasteiger partial charge in [0.25, 0.3) is 0 Å². The first kappa shape index (κ1) is 13.5. The number of hydrogen-bond donors (Lipinski definition) is 0. The zero-order valence-electron chi connectivity index (χ0n) is 11.5. The van der Waals surface area contributed by atoms with E-state index < -0.39 is 0 Å². The lowest BCUT2D eigenvalue weighted by molar-refractivity contribution is 0.568. The quantitative estimate of drug-likeness (QED) is 0.611. The maximum absolute atomic E-state index is 6.13. The minimum atomic E-state index is -0.0677. The van der Waals surface area contributed by atoms with Crippen LogP contribution in [0.15, 0.2) is 29.8 Å². The average Bonchev–Trinajstić information content (AvgIpc) is 2.84. The summed E-state index contributed by atoms with van der Waals surface area (Å²) in [7, 11) is 0. The van der Waals surface area contributed by atoms with Crippen LogP contribution < -0.4 is 0 Å². The Hall–Kier alpha value is -1.52. The summed E-state index contributed by atoms with van der Waals surface area (Å²) in [6, 6.07) is 5.89. The molecule has 0 aliphatic rings. The van der Waals surface area contributed by atoms with E-state index in [4.69, 9.17) is 11.6 Å². The van der Waals surface area contributed by atoms with Crippen LogP contribution in [0.1, 0.15) is 26.5 Å². The molecule has 0 aliphatic heterocycles. The third kappa shape index (κ3) is 2.53. The Bertz CT molecular complexity index is 774. The van der Waals surface area contributed by atoms with Crippen LogP contribution in [0.4, 0.5) is 0 Å². The van der Waals surface area contributed by atoms with E-state index in [9.17, 15) is 0 Å². The fourth-order valence-electron chi connectivity index (χ4n) is 1.90. The molecule has 0 amide bonds. The standard InChI is InChI=1S/C15H14ClN3S/c1-15(2,3)12-7-13(16)19-14(18-12)9-6-11-10(17-8-9)4-5-20-11/h4-8H,1-3H3. The second-order valence-corrected chi connectivity index (χ2v) is 7.01. The molecule has 3 nitrogen and oxygen atoms in total. The lowest BCUT2D eigenvalue weighted by Gasteiger charge is -2.18. The number of aromatic nitrogens is 3. The summed E-state index contributed by atoms with van der Waals surface area (Å²) >= 11 is 7.79. The Morgan fingerprint density at radius 2 is 1.95 bits per heavy atom. The molecule has 0 radical (unpaired) electrons. The normalized spacial score (nSPS) is 12.0. The number of fused-ring (bicyclic) bond motifs is 1. The first-order valence-corrected chi connectivity index (χ1v) is 7.58. The third-order valence-electron chi connectivity index (χ3n) is 3.02. The van der Waals surface area contributed by atoms with Gasteiger partial charge in [0.15, 0.2) is 5.82 Å². The molecule has 0 unspecified atom stereocenters. The summed E-state index contributed by atoms with van der Waals surface area (Å²) in [6.07, 6.45) is 1.80. The van der Waals surface area contributed by atoms with Crippen LogP contribution in [0.5, 0.6) is 0 Å². The average molecular weight is 304 g/mol. The molecule has 3 aromatic rings. The van der Waals surface area contributed by atoms with Gasteiger partial charge < -0.3 is 0 Å². The van der Waals surface area contributed by atoms with Crippen molar-refractivity contribution in [1.29, 1.82) is 0 Å². The van der Waals surface area contributed by atoms with Gasteiger partial charge in [-0.3, -0.25) is 4.98 Å². The molecule has 0 atom stereocenters. The Labute approximate surface area is 126 Å². The van der Waals surface area contributed by atoms with E-state index in [0.717, 1.165) is 21.5 Å². The number of thiophene rings is 1. The van der Waals surface area contributed by atoms with Gasteiger partial charge in [0.1, 0.15) is 5.15 Å². The number of pyridine rings is 1. The molecule has 0 N–H and O–H groups in total. The highest BCUT2D eigenvalue weighted by molar-refractivity contribution is 7.17. The number of halogens is 1. The van der Waals surface area contributed by atoms with Gasteiger partial charge in [-0.15, -0.1) is 11.3 Å². The van der Waals surface area contributed by atoms with Crippen molar-refractivity contribution in [2.45, 2.75) is 26.2 Å². The molecule has 0 spiro atoms. The van der Waals surface area contributed by atoms with Crippen LogP contribution >= 0.6 is 22.9 Å². The highest BCUT2D eigenvalue weighted by atomic mass is 35.5. The molecule has 3 aromatic heterocycles. The van der Waals surface area contributed by atoms with Crippen LogP contribution in [0.2, 0.25) is 5.15 Å². The SMILES string of the molecule is CC(C)(C)c1cc(Cl)nc(-c2cnc3ccsc3c2)n1. The molecule has 0 saturated heterocycles. The maximum Gasteiger partial charge on any atom is 0.162 e. The topological polar surface area (TPSA) is 38.7 Å². The molecule has 0 aromatic carbocycles. The highest BCUT2D eigenvalue weighted by Crippen LogP contribution is 2.28. The van der Waals surface area contributed by atoms with E-state index in [-0.39, 0.29) is 5.41 Å². The van der Waals surface area contributed by atoms with Crippen molar-refractivity contribution in [2.24, 2.45) is 0 Å². The van der Waals surface area contributed by atoms with Gasteiger partial charge in [-0.1, -0.05) is 32.4 Å². The predicted octanol–water partition coefficient (Wildman–Crippen LogP) is 4.70. The van der Waals surface area contributed by atoms with Crippen LogP contribution in [-0.4, -0.2) is 15.0 Å². The molecule has 20 heavy (non-hydrogen) atoms. The zero-order valence-corrected chi connectivity index (χ0v) is 13.1. The first-order valence-electron chi connectivity index (χ1n) is 6.32. The van der Waals surface area contributed by atoms with E-state index in [2.05, 4.69) is 41.8 Å². The number of rotatable bonds is 1. The summed E-state index contributed by atoms with van der Waals surface area (Å²) in [5.41, 5.74) is 2.76. The molecular weight excluding hydrogens is 290 g/mol. The van der Waals surface area contributed by atoms with Crippen molar-refractivity contribution >= 4 is 33.2 Å². The van der Waals surface area contributed by atoms with Crippen molar-refractivity contribution in [1.82, 2.24) is 15.0 Å². The van der Waals surface area contributed by atoms with E-state index in [0.29, 0.717) is 11.0 Å². The van der Waals surface area contributed by atoms with Crippen molar-refractivity contribution in [2.75, 3.05) is 0 Å². The molecule has 0 aliphatic carbocycles. The van der Waals surface area contributed by atoms with Crippen LogP contribution in [0, 0.1) is 0 Å². The number of nitrogens with zero attached hydrogens (tertiary/aromatic N) is 3. The summed E-state index contributed by atoms with van der Waals surface area (Å²) in [5.74, 6) is 0.630. The second-order valence-electron chi connectivity index (χ2n) is 5.68. The fraction of sp³-hybridized carbons (Fsp3) is 0.267. The lowest BCUT2D eigenvalue weighted by atomic mass is 9.92. The van der Waals surface area contributed by atoms with Crippen LogP contribution in [0.3, 0.4) is 0 Å². The molecule has 5 heteroatoms. The summed E-state index contributed by atoms with van der Waals surface area (Å²) < 4.78 is 1.13. The summed E-state index contributed by atoms with van der Waals surface area (Å²) in [4.78, 5) is 13.4. The molecule has 0 fully saturated rings. The Morgan fingerprint density at radius 3 is 2.70 bits per heavy atom. The van der Waals surface area contributed by atoms with Crippen LogP contribution in [0.25, 0.3) is 21.6 Å². The minimum Gasteiger partial charge on any atom is -0.255 e. The fourth-order valence-corrected chi connectivity index (χ4v) is 2.86. The molecule has 3 heterocycles. The molecule has 0 saturated carbocycles. The third-order valence-corrected chi connectivity index (χ3v) is 4.07. The van der Waals surface area contributed by atoms with Gasteiger partial charge in [0.2, 0.25) is 0 Å². The monoisotopic (exact) mass is 303 g/mol. The Morgan fingerprint density at radius 1 is 1.15 bits per heavy atom. The maximum atomic E-state index is 6.13. The molecule has 3 rings (SSSR count). The van der Waals surface area contributed by atoms with E-state index in [1.807, 2.05) is 17.5 Å².